The van der Waals surface area contributed by atoms with Gasteiger partial charge in [-0.25, -0.2) is 0 Å². The van der Waals surface area contributed by atoms with Crippen molar-refractivity contribution >= 4 is 17.1 Å². The van der Waals surface area contributed by atoms with E-state index in [4.69, 9.17) is 0 Å². The first-order chi connectivity index (χ1) is 10.1. The van der Waals surface area contributed by atoms with Gasteiger partial charge in [0.1, 0.15) is 6.07 Å². The van der Waals surface area contributed by atoms with Crippen LogP contribution in [0.1, 0.15) is 22.5 Å². The number of nitrogens with zero attached hydrogens (tertiary/aromatic N) is 3. The number of aryl methyl sites for hydroxylation is 2. The SMILES string of the molecule is Cc1cc(Nc2ccc3c(c2)N(C)CC3)c(C#N)c(C)n1. The first-order valence-corrected chi connectivity index (χ1v) is 7.08. The van der Waals surface area contributed by atoms with Crippen LogP contribution in [0.5, 0.6) is 0 Å². The Morgan fingerprint density at radius 1 is 1.29 bits per heavy atom. The Labute approximate surface area is 125 Å². The summed E-state index contributed by atoms with van der Waals surface area (Å²) in [6.07, 6.45) is 1.10. The lowest BCUT2D eigenvalue weighted by Crippen LogP contribution is -2.12. The number of pyridine rings is 1. The van der Waals surface area contributed by atoms with Gasteiger partial charge < -0.3 is 10.2 Å². The molecule has 0 aliphatic carbocycles. The maximum Gasteiger partial charge on any atom is 0.103 e. The van der Waals surface area contributed by atoms with E-state index in [1.54, 1.807) is 0 Å². The summed E-state index contributed by atoms with van der Waals surface area (Å²) in [5.74, 6) is 0. The Bertz CT molecular complexity index is 743. The number of likely N-dealkylation sites (N-methyl/N-ethyl adjacent to an activating group) is 1. The van der Waals surface area contributed by atoms with Crippen LogP contribution in [0.4, 0.5) is 17.1 Å². The van der Waals surface area contributed by atoms with Crippen molar-refractivity contribution in [2.45, 2.75) is 20.3 Å². The summed E-state index contributed by atoms with van der Waals surface area (Å²) in [6, 6.07) is 10.5. The number of fused-ring (bicyclic) bond motifs is 1. The lowest BCUT2D eigenvalue weighted by atomic mass is 10.1. The molecule has 0 spiro atoms. The molecule has 0 bridgehead atoms. The zero-order valence-electron chi connectivity index (χ0n) is 12.6. The molecule has 1 aromatic heterocycles. The van der Waals surface area contributed by atoms with E-state index in [0.717, 1.165) is 35.7 Å². The Balaban J connectivity index is 1.98. The average Bonchev–Trinajstić information content (AvgIpc) is 2.80. The number of hydrogen-bond acceptors (Lipinski definition) is 4. The summed E-state index contributed by atoms with van der Waals surface area (Å²) in [5, 5.41) is 12.7. The second-order valence-electron chi connectivity index (χ2n) is 5.52. The van der Waals surface area contributed by atoms with E-state index in [1.807, 2.05) is 19.9 Å². The van der Waals surface area contributed by atoms with Crippen molar-refractivity contribution < 1.29 is 0 Å². The van der Waals surface area contributed by atoms with Gasteiger partial charge in [-0.2, -0.15) is 5.26 Å². The van der Waals surface area contributed by atoms with Crippen molar-refractivity contribution in [3.05, 3.63) is 46.8 Å². The fraction of sp³-hybridized carbons (Fsp3) is 0.294. The van der Waals surface area contributed by atoms with Gasteiger partial charge in [-0.15, -0.1) is 0 Å². The molecule has 0 saturated heterocycles. The monoisotopic (exact) mass is 278 g/mol. The number of rotatable bonds is 2. The summed E-state index contributed by atoms with van der Waals surface area (Å²) in [4.78, 5) is 6.60. The van der Waals surface area contributed by atoms with Gasteiger partial charge in [0.2, 0.25) is 0 Å². The van der Waals surface area contributed by atoms with Crippen molar-refractivity contribution in [3.8, 4) is 6.07 Å². The number of aromatic nitrogens is 1. The van der Waals surface area contributed by atoms with E-state index in [-0.39, 0.29) is 0 Å². The predicted molar refractivity (Wildman–Crippen MR) is 85.1 cm³/mol. The van der Waals surface area contributed by atoms with Crippen molar-refractivity contribution in [1.29, 1.82) is 5.26 Å². The first kappa shape index (κ1) is 13.4. The summed E-state index contributed by atoms with van der Waals surface area (Å²) >= 11 is 0. The summed E-state index contributed by atoms with van der Waals surface area (Å²) in [7, 11) is 2.11. The van der Waals surface area contributed by atoms with E-state index in [9.17, 15) is 5.26 Å². The van der Waals surface area contributed by atoms with Gasteiger partial charge in [0, 0.05) is 30.7 Å². The van der Waals surface area contributed by atoms with Gasteiger partial charge in [0.05, 0.1) is 16.9 Å². The highest BCUT2D eigenvalue weighted by molar-refractivity contribution is 5.72. The van der Waals surface area contributed by atoms with Crippen molar-refractivity contribution in [2.75, 3.05) is 23.8 Å². The molecule has 2 heterocycles. The van der Waals surface area contributed by atoms with Gasteiger partial charge in [-0.05, 0) is 44.0 Å². The zero-order chi connectivity index (χ0) is 15.0. The maximum absolute atomic E-state index is 9.33. The molecule has 1 aliphatic rings. The van der Waals surface area contributed by atoms with Gasteiger partial charge in [0.15, 0.2) is 0 Å². The third-order valence-electron chi connectivity index (χ3n) is 3.93. The summed E-state index contributed by atoms with van der Waals surface area (Å²) < 4.78 is 0. The molecule has 1 aromatic carbocycles. The van der Waals surface area contributed by atoms with E-state index in [2.05, 4.69) is 46.5 Å². The number of benzene rings is 1. The second-order valence-corrected chi connectivity index (χ2v) is 5.52. The van der Waals surface area contributed by atoms with Gasteiger partial charge >= 0.3 is 0 Å². The molecule has 2 aromatic rings. The highest BCUT2D eigenvalue weighted by Gasteiger charge is 2.16. The Hall–Kier alpha value is -2.54. The fourth-order valence-corrected chi connectivity index (χ4v) is 2.84. The van der Waals surface area contributed by atoms with Crippen LogP contribution >= 0.6 is 0 Å². The van der Waals surface area contributed by atoms with Crippen molar-refractivity contribution in [1.82, 2.24) is 4.98 Å². The minimum Gasteiger partial charge on any atom is -0.374 e. The molecule has 0 amide bonds. The van der Waals surface area contributed by atoms with Crippen LogP contribution in [0.2, 0.25) is 0 Å². The van der Waals surface area contributed by atoms with Crippen LogP contribution in [0.15, 0.2) is 24.3 Å². The quantitative estimate of drug-likeness (QED) is 0.915. The topological polar surface area (TPSA) is 52.0 Å². The minimum atomic E-state index is 0.606. The molecule has 4 heteroatoms. The van der Waals surface area contributed by atoms with Gasteiger partial charge in [0.25, 0.3) is 0 Å². The van der Waals surface area contributed by atoms with E-state index < -0.39 is 0 Å². The van der Waals surface area contributed by atoms with Crippen molar-refractivity contribution in [2.24, 2.45) is 0 Å². The molecule has 0 unspecified atom stereocenters. The van der Waals surface area contributed by atoms with Crippen LogP contribution in [0.25, 0.3) is 0 Å². The Morgan fingerprint density at radius 2 is 2.10 bits per heavy atom. The number of anilines is 3. The number of nitriles is 1. The second kappa shape index (κ2) is 5.10. The number of hydrogen-bond donors (Lipinski definition) is 1. The van der Waals surface area contributed by atoms with Gasteiger partial charge in [-0.1, -0.05) is 6.07 Å². The van der Waals surface area contributed by atoms with E-state index in [0.29, 0.717) is 5.56 Å². The third kappa shape index (κ3) is 2.43. The normalized spacial score (nSPS) is 13.0. The van der Waals surface area contributed by atoms with Crippen LogP contribution < -0.4 is 10.2 Å². The predicted octanol–water partition coefficient (Wildman–Crippen LogP) is 3.31. The molecular weight excluding hydrogens is 260 g/mol. The molecular formula is C17H18N4. The molecule has 1 aliphatic heterocycles. The van der Waals surface area contributed by atoms with Crippen LogP contribution in [-0.2, 0) is 6.42 Å². The molecule has 0 atom stereocenters. The molecule has 4 nitrogen and oxygen atoms in total. The van der Waals surface area contributed by atoms with Crippen LogP contribution in [0.3, 0.4) is 0 Å². The highest BCUT2D eigenvalue weighted by Crippen LogP contribution is 2.31. The van der Waals surface area contributed by atoms with Crippen LogP contribution in [0, 0.1) is 25.2 Å². The minimum absolute atomic E-state index is 0.606. The standard InChI is InChI=1S/C17H18N4/c1-11-8-16(15(10-18)12(2)19-11)20-14-5-4-13-6-7-21(3)17(13)9-14/h4-5,8-9H,6-7H2,1-3H3,(H,19,20). The van der Waals surface area contributed by atoms with E-state index >= 15 is 0 Å². The number of nitrogens with one attached hydrogen (secondary N) is 1. The summed E-state index contributed by atoms with van der Waals surface area (Å²) in [5.41, 5.74) is 6.75. The molecule has 1 N–H and O–H groups in total. The zero-order valence-corrected chi connectivity index (χ0v) is 12.6. The third-order valence-corrected chi connectivity index (χ3v) is 3.93. The van der Waals surface area contributed by atoms with E-state index in [1.165, 1.54) is 11.3 Å². The average molecular weight is 278 g/mol. The smallest absolute Gasteiger partial charge is 0.103 e. The molecule has 3 rings (SSSR count). The first-order valence-electron chi connectivity index (χ1n) is 7.08. The van der Waals surface area contributed by atoms with Crippen molar-refractivity contribution in [3.63, 3.8) is 0 Å². The Kier molecular flexibility index (Phi) is 3.26. The largest absolute Gasteiger partial charge is 0.374 e. The highest BCUT2D eigenvalue weighted by atomic mass is 15.1. The summed E-state index contributed by atoms with van der Waals surface area (Å²) in [6.45, 7) is 4.87. The van der Waals surface area contributed by atoms with Crippen LogP contribution in [-0.4, -0.2) is 18.6 Å². The Morgan fingerprint density at radius 3 is 2.86 bits per heavy atom. The maximum atomic E-state index is 9.33. The molecule has 106 valence electrons. The molecule has 0 fully saturated rings. The van der Waals surface area contributed by atoms with Gasteiger partial charge in [-0.3, -0.25) is 4.98 Å². The molecule has 21 heavy (non-hydrogen) atoms. The lowest BCUT2D eigenvalue weighted by Gasteiger charge is -2.15. The lowest BCUT2D eigenvalue weighted by molar-refractivity contribution is 0.956. The fourth-order valence-electron chi connectivity index (χ4n) is 2.84. The molecule has 0 radical (unpaired) electrons. The molecule has 0 saturated carbocycles.